The first-order valence-corrected chi connectivity index (χ1v) is 14.5. The number of benzene rings is 1. The van der Waals surface area contributed by atoms with Crippen molar-refractivity contribution in [3.05, 3.63) is 34.4 Å². The molecule has 4 heterocycles. The molecule has 2 unspecified atom stereocenters. The number of hydrogen-bond acceptors (Lipinski definition) is 7. The largest absolute Gasteiger partial charge is 0.474 e. The first-order valence-electron chi connectivity index (χ1n) is 14.5. The van der Waals surface area contributed by atoms with Gasteiger partial charge in [-0.25, -0.2) is 22.5 Å². The number of nitrogens with one attached hydrogen (secondary N) is 3. The number of anilines is 2. The Balaban J connectivity index is 1.71. The normalized spacial score (nSPS) is 25.6. The van der Waals surface area contributed by atoms with Crippen LogP contribution >= 0.6 is 0 Å². The van der Waals surface area contributed by atoms with Gasteiger partial charge in [0.2, 0.25) is 5.88 Å². The minimum Gasteiger partial charge on any atom is -0.474 e. The lowest BCUT2D eigenvalue weighted by atomic mass is 9.84. The second kappa shape index (κ2) is 11.5. The lowest BCUT2D eigenvalue weighted by Crippen LogP contribution is -2.59. The molecule has 2 aromatic rings. The molecule has 0 bridgehead atoms. The second-order valence-electron chi connectivity index (χ2n) is 11.9. The Morgan fingerprint density at radius 3 is 2.59 bits per heavy atom. The van der Waals surface area contributed by atoms with Crippen molar-refractivity contribution in [2.45, 2.75) is 76.2 Å². The Kier molecular flexibility index (Phi) is 8.42. The van der Waals surface area contributed by atoms with E-state index in [1.54, 1.807) is 11.8 Å². The fourth-order valence-electron chi connectivity index (χ4n) is 6.32. The van der Waals surface area contributed by atoms with Gasteiger partial charge in [-0.05, 0) is 51.3 Å². The van der Waals surface area contributed by atoms with E-state index in [9.17, 15) is 31.1 Å². The zero-order valence-electron chi connectivity index (χ0n) is 24.5. The minimum atomic E-state index is -5.14. The Morgan fingerprint density at radius 2 is 1.98 bits per heavy atom. The summed E-state index contributed by atoms with van der Waals surface area (Å²) in [5.74, 6) is -6.94. The molecular formula is C29H35F7N6O2. The number of alkyl halides is 5. The molecule has 0 spiro atoms. The predicted octanol–water partition coefficient (Wildman–Crippen LogP) is 5.10. The maximum absolute atomic E-state index is 16.6. The summed E-state index contributed by atoms with van der Waals surface area (Å²) in [5, 5.41) is 8.78. The van der Waals surface area contributed by atoms with Crippen LogP contribution in [0.25, 0.3) is 11.3 Å². The third-order valence-electron chi connectivity index (χ3n) is 8.82. The van der Waals surface area contributed by atoms with Crippen molar-refractivity contribution in [2.24, 2.45) is 0 Å². The van der Waals surface area contributed by atoms with E-state index in [4.69, 9.17) is 10.5 Å². The van der Waals surface area contributed by atoms with E-state index in [0.29, 0.717) is 38.4 Å². The quantitative estimate of drug-likeness (QED) is 0.269. The number of aromatic nitrogens is 1. The molecule has 8 nitrogen and oxygen atoms in total. The number of nitrogens with two attached hydrogens (primary N) is 1. The Morgan fingerprint density at radius 1 is 1.25 bits per heavy atom. The summed E-state index contributed by atoms with van der Waals surface area (Å²) < 4.78 is 109. The number of halogens is 7. The molecule has 5 N–H and O–H groups in total. The molecule has 44 heavy (non-hydrogen) atoms. The van der Waals surface area contributed by atoms with E-state index in [-0.39, 0.29) is 19.1 Å². The van der Waals surface area contributed by atoms with E-state index in [2.05, 4.69) is 20.9 Å². The molecule has 2 fully saturated rings. The van der Waals surface area contributed by atoms with Gasteiger partial charge < -0.3 is 26.4 Å². The highest BCUT2D eigenvalue weighted by molar-refractivity contribution is 6.03. The fourth-order valence-corrected chi connectivity index (χ4v) is 6.32. The molecule has 0 radical (unpaired) electrons. The first-order chi connectivity index (χ1) is 20.6. The zero-order valence-corrected chi connectivity index (χ0v) is 24.5. The molecule has 3 atom stereocenters. The van der Waals surface area contributed by atoms with Crippen LogP contribution in [0.1, 0.15) is 61.0 Å². The summed E-state index contributed by atoms with van der Waals surface area (Å²) in [6, 6.07) is 0.505. The number of pyridine rings is 1. The third-order valence-corrected chi connectivity index (χ3v) is 8.82. The van der Waals surface area contributed by atoms with Gasteiger partial charge in [0.05, 0.1) is 29.6 Å². The van der Waals surface area contributed by atoms with Crippen molar-refractivity contribution < 1.29 is 40.3 Å². The van der Waals surface area contributed by atoms with Crippen LogP contribution in [0.3, 0.4) is 0 Å². The Labute approximate surface area is 249 Å². The van der Waals surface area contributed by atoms with Crippen LogP contribution in [-0.2, 0) is 6.18 Å². The Bertz CT molecular complexity index is 1450. The molecule has 5 rings (SSSR count). The lowest BCUT2D eigenvalue weighted by molar-refractivity contribution is -0.137. The van der Waals surface area contributed by atoms with Crippen LogP contribution in [0.15, 0.2) is 6.07 Å². The maximum atomic E-state index is 16.6. The van der Waals surface area contributed by atoms with E-state index in [1.165, 1.54) is 0 Å². The van der Waals surface area contributed by atoms with Gasteiger partial charge in [-0.3, -0.25) is 9.69 Å². The number of carbonyl (C=O) groups excluding carboxylic acids is 1. The van der Waals surface area contributed by atoms with Crippen molar-refractivity contribution in [3.8, 4) is 17.1 Å². The number of carbonyl (C=O) groups is 1. The number of fused-ring (bicyclic) bond motifs is 2. The summed E-state index contributed by atoms with van der Waals surface area (Å²) in [7, 11) is 0. The number of hydrogen-bond donors (Lipinski definition) is 4. The number of ether oxygens (including phenoxy) is 1. The third kappa shape index (κ3) is 5.87. The van der Waals surface area contributed by atoms with Crippen molar-refractivity contribution in [3.63, 3.8) is 0 Å². The first kappa shape index (κ1) is 32.1. The second-order valence-corrected chi connectivity index (χ2v) is 11.9. The van der Waals surface area contributed by atoms with Crippen LogP contribution < -0.4 is 26.4 Å². The van der Waals surface area contributed by atoms with Crippen LogP contribution in [0.4, 0.5) is 42.1 Å². The zero-order chi connectivity index (χ0) is 32.2. The number of nitrogens with zero attached hydrogens (tertiary/aromatic N) is 2. The Hall–Kier alpha value is -3.33. The van der Waals surface area contributed by atoms with Crippen molar-refractivity contribution in [2.75, 3.05) is 43.8 Å². The number of amides is 1. The summed E-state index contributed by atoms with van der Waals surface area (Å²) >= 11 is 0. The van der Waals surface area contributed by atoms with Crippen LogP contribution in [0.5, 0.6) is 5.88 Å². The van der Waals surface area contributed by atoms with E-state index in [0.717, 1.165) is 6.92 Å². The standard InChI is InChI=1S/C29H35F7N6O2/c1-4-16-10-39-25(43)19-24(40-12-27-6-8-42(27)13-28(32,33)11-27)22(31)23(41-26(19)44-14(2)5-7-38-16)17-9-18(37)21(30)15(3)20(17)29(34,35)36/h9,14,16,38H,4-8,10-13,37H2,1-3H3,(H,39,43)(H,40,41)/t14-,16?,27?/m0/s1. The van der Waals surface area contributed by atoms with E-state index < -0.39 is 99.5 Å². The summed E-state index contributed by atoms with van der Waals surface area (Å²) in [6.07, 6.45) is -4.85. The number of rotatable bonds is 5. The highest BCUT2D eigenvalue weighted by Crippen LogP contribution is 2.49. The topological polar surface area (TPSA) is 105 Å². The van der Waals surface area contributed by atoms with Gasteiger partial charge in [-0.15, -0.1) is 0 Å². The van der Waals surface area contributed by atoms with Crippen LogP contribution in [-0.4, -0.2) is 72.1 Å². The molecule has 2 saturated heterocycles. The molecule has 1 amide bonds. The molecular weight excluding hydrogens is 597 g/mol. The van der Waals surface area contributed by atoms with Crippen LogP contribution in [0.2, 0.25) is 0 Å². The van der Waals surface area contributed by atoms with Gasteiger partial charge >= 0.3 is 6.18 Å². The van der Waals surface area contributed by atoms with Gasteiger partial charge in [0, 0.05) is 43.2 Å². The van der Waals surface area contributed by atoms with Crippen molar-refractivity contribution in [1.82, 2.24) is 20.5 Å². The predicted molar refractivity (Wildman–Crippen MR) is 150 cm³/mol. The summed E-state index contributed by atoms with van der Waals surface area (Å²) in [4.78, 5) is 19.3. The minimum absolute atomic E-state index is 0.135. The smallest absolute Gasteiger partial charge is 0.417 e. The highest BCUT2D eigenvalue weighted by atomic mass is 19.4. The maximum Gasteiger partial charge on any atom is 0.417 e. The molecule has 242 valence electrons. The molecule has 1 aromatic heterocycles. The molecule has 0 saturated carbocycles. The highest BCUT2D eigenvalue weighted by Gasteiger charge is 2.59. The van der Waals surface area contributed by atoms with Gasteiger partial charge in [0.25, 0.3) is 11.8 Å². The van der Waals surface area contributed by atoms with Crippen molar-refractivity contribution in [1.29, 1.82) is 0 Å². The van der Waals surface area contributed by atoms with E-state index >= 15 is 4.39 Å². The lowest BCUT2D eigenvalue weighted by Gasteiger charge is -2.47. The molecule has 1 aromatic carbocycles. The molecule has 15 heteroatoms. The SMILES string of the molecule is CCC1CNC(=O)c2c(nc(-c3cc(N)c(F)c(C)c3C(F)(F)F)c(F)c2NCC23CCN2CC(F)(F)C3)O[C@@H](C)CCN1. The summed E-state index contributed by atoms with van der Waals surface area (Å²) in [6.45, 7) is 4.74. The summed E-state index contributed by atoms with van der Waals surface area (Å²) in [5.41, 5.74) is -1.09. The monoisotopic (exact) mass is 632 g/mol. The average molecular weight is 633 g/mol. The molecule has 3 aliphatic heterocycles. The molecule has 0 aliphatic carbocycles. The van der Waals surface area contributed by atoms with Gasteiger partial charge in [-0.1, -0.05) is 6.92 Å². The number of nitrogen functional groups attached to an aromatic ring is 1. The fraction of sp³-hybridized carbons (Fsp3) is 0.586. The van der Waals surface area contributed by atoms with E-state index in [1.807, 2.05) is 6.92 Å². The van der Waals surface area contributed by atoms with Gasteiger partial charge in [0.1, 0.15) is 17.1 Å². The van der Waals surface area contributed by atoms with Crippen molar-refractivity contribution >= 4 is 17.3 Å². The molecule has 3 aliphatic rings. The van der Waals surface area contributed by atoms with Gasteiger partial charge in [0.15, 0.2) is 5.82 Å². The van der Waals surface area contributed by atoms with Crippen LogP contribution in [0, 0.1) is 18.6 Å². The van der Waals surface area contributed by atoms with Gasteiger partial charge in [-0.2, -0.15) is 13.2 Å². The average Bonchev–Trinajstić information content (AvgIpc) is 3.09.